The molecule has 0 fully saturated rings. The number of pyridine rings is 1. The van der Waals surface area contributed by atoms with Gasteiger partial charge in [0.25, 0.3) is 0 Å². The highest BCUT2D eigenvalue weighted by Gasteiger charge is 2.02. The average molecular weight is 208 g/mol. The number of rotatable bonds is 1. The maximum Gasteiger partial charge on any atom is 0.144 e. The normalized spacial score (nSPS) is 10.8. The number of fused-ring (bicyclic) bond motifs is 1. The van der Waals surface area contributed by atoms with Crippen molar-refractivity contribution in [2.45, 2.75) is 6.92 Å². The molecule has 0 amide bonds. The maximum absolute atomic E-state index is 4.41. The van der Waals surface area contributed by atoms with E-state index in [-0.39, 0.29) is 0 Å². The fourth-order valence-corrected chi connectivity index (χ4v) is 1.95. The van der Waals surface area contributed by atoms with E-state index < -0.39 is 0 Å². The molecule has 78 valence electrons. The van der Waals surface area contributed by atoms with E-state index in [1.165, 1.54) is 10.9 Å². The van der Waals surface area contributed by atoms with Crippen LogP contribution in [0, 0.1) is 6.92 Å². The molecule has 0 aliphatic rings. The molecule has 0 unspecified atom stereocenters. The second kappa shape index (κ2) is 3.49. The Hall–Kier alpha value is -2.09. The summed E-state index contributed by atoms with van der Waals surface area (Å²) in [7, 11) is 0. The minimum Gasteiger partial charge on any atom is -0.301 e. The van der Waals surface area contributed by atoms with Gasteiger partial charge in [-0.1, -0.05) is 12.1 Å². The summed E-state index contributed by atoms with van der Waals surface area (Å²) in [6.07, 6.45) is 3.89. The largest absolute Gasteiger partial charge is 0.301 e. The zero-order valence-corrected chi connectivity index (χ0v) is 9.09. The van der Waals surface area contributed by atoms with Gasteiger partial charge in [-0.15, -0.1) is 0 Å². The van der Waals surface area contributed by atoms with Gasteiger partial charge in [-0.2, -0.15) is 0 Å². The Bertz CT molecular complexity index is 638. The van der Waals surface area contributed by atoms with E-state index in [0.717, 1.165) is 11.3 Å². The van der Waals surface area contributed by atoms with Gasteiger partial charge >= 0.3 is 0 Å². The smallest absolute Gasteiger partial charge is 0.144 e. The van der Waals surface area contributed by atoms with Crippen LogP contribution in [0.2, 0.25) is 0 Å². The fourth-order valence-electron chi connectivity index (χ4n) is 1.95. The van der Waals surface area contributed by atoms with Gasteiger partial charge in [0, 0.05) is 23.5 Å². The van der Waals surface area contributed by atoms with Crippen LogP contribution >= 0.6 is 0 Å². The molecule has 2 nitrogen and oxygen atoms in total. The number of aromatic nitrogens is 2. The van der Waals surface area contributed by atoms with Crippen molar-refractivity contribution in [2.24, 2.45) is 0 Å². The molecule has 1 aromatic carbocycles. The van der Waals surface area contributed by atoms with E-state index in [9.17, 15) is 0 Å². The van der Waals surface area contributed by atoms with E-state index in [2.05, 4.69) is 59.1 Å². The Morgan fingerprint density at radius 2 is 2.00 bits per heavy atom. The highest BCUT2D eigenvalue weighted by molar-refractivity contribution is 5.77. The summed E-state index contributed by atoms with van der Waals surface area (Å²) < 4.78 is 2.11. The van der Waals surface area contributed by atoms with Crippen LogP contribution in [0.15, 0.2) is 54.9 Å². The number of benzene rings is 1. The number of hydrogen-bond acceptors (Lipinski definition) is 1. The van der Waals surface area contributed by atoms with Crippen molar-refractivity contribution in [3.8, 4) is 5.69 Å². The molecule has 2 heterocycles. The Labute approximate surface area is 94.2 Å². The van der Waals surface area contributed by atoms with Crippen molar-refractivity contribution < 1.29 is 0 Å². The monoisotopic (exact) mass is 208 g/mol. The van der Waals surface area contributed by atoms with Crippen molar-refractivity contribution in [1.82, 2.24) is 9.55 Å². The molecule has 3 aromatic rings. The molecule has 0 atom stereocenters. The lowest BCUT2D eigenvalue weighted by Crippen LogP contribution is -1.93. The summed E-state index contributed by atoms with van der Waals surface area (Å²) in [5, 5.41) is 1.17. The van der Waals surface area contributed by atoms with Gasteiger partial charge in [0.1, 0.15) is 5.65 Å². The van der Waals surface area contributed by atoms with E-state index in [1.54, 1.807) is 0 Å². The van der Waals surface area contributed by atoms with Crippen molar-refractivity contribution in [3.63, 3.8) is 0 Å². The molecule has 0 N–H and O–H groups in total. The predicted octanol–water partition coefficient (Wildman–Crippen LogP) is 3.33. The molecule has 0 aliphatic carbocycles. The van der Waals surface area contributed by atoms with Gasteiger partial charge in [-0.3, -0.25) is 0 Å². The summed E-state index contributed by atoms with van der Waals surface area (Å²) >= 11 is 0. The van der Waals surface area contributed by atoms with Crippen LogP contribution in [-0.2, 0) is 0 Å². The minimum absolute atomic E-state index is 1.01. The molecule has 0 saturated carbocycles. The molecule has 2 heteroatoms. The van der Waals surface area contributed by atoms with Gasteiger partial charge in [0.05, 0.1) is 0 Å². The van der Waals surface area contributed by atoms with Crippen molar-refractivity contribution >= 4 is 11.0 Å². The van der Waals surface area contributed by atoms with Crippen LogP contribution in [0.1, 0.15) is 5.56 Å². The summed E-state index contributed by atoms with van der Waals surface area (Å²) in [6.45, 7) is 2.10. The molecule has 0 spiro atoms. The second-order valence-corrected chi connectivity index (χ2v) is 3.94. The maximum atomic E-state index is 4.41. The van der Waals surface area contributed by atoms with Gasteiger partial charge < -0.3 is 4.57 Å². The first-order chi connectivity index (χ1) is 7.84. The second-order valence-electron chi connectivity index (χ2n) is 3.94. The molecule has 0 aliphatic heterocycles. The minimum atomic E-state index is 1.01. The predicted molar refractivity (Wildman–Crippen MR) is 65.8 cm³/mol. The lowest BCUT2D eigenvalue weighted by Gasteiger charge is -2.05. The van der Waals surface area contributed by atoms with Crippen LogP contribution in [0.3, 0.4) is 0 Å². The number of hydrogen-bond donors (Lipinski definition) is 0. The highest BCUT2D eigenvalue weighted by atomic mass is 15.0. The van der Waals surface area contributed by atoms with E-state index in [0.29, 0.717) is 0 Å². The van der Waals surface area contributed by atoms with Crippen molar-refractivity contribution in [1.29, 1.82) is 0 Å². The summed E-state index contributed by atoms with van der Waals surface area (Å²) in [5.41, 5.74) is 3.43. The quantitative estimate of drug-likeness (QED) is 0.599. The topological polar surface area (TPSA) is 17.8 Å². The number of nitrogens with zero attached hydrogens (tertiary/aromatic N) is 2. The van der Waals surface area contributed by atoms with Crippen molar-refractivity contribution in [2.75, 3.05) is 0 Å². The highest BCUT2D eigenvalue weighted by Crippen LogP contribution is 2.18. The molecule has 0 radical (unpaired) electrons. The first-order valence-electron chi connectivity index (χ1n) is 5.34. The number of aryl methyl sites for hydroxylation is 1. The third-order valence-electron chi connectivity index (χ3n) is 2.73. The van der Waals surface area contributed by atoms with E-state index in [4.69, 9.17) is 0 Å². The van der Waals surface area contributed by atoms with Crippen LogP contribution < -0.4 is 0 Å². The Kier molecular flexibility index (Phi) is 2.00. The van der Waals surface area contributed by atoms with E-state index in [1.807, 2.05) is 12.3 Å². The zero-order chi connectivity index (χ0) is 11.0. The first-order valence-corrected chi connectivity index (χ1v) is 5.34. The van der Waals surface area contributed by atoms with Crippen molar-refractivity contribution in [3.05, 3.63) is 60.4 Å². The zero-order valence-electron chi connectivity index (χ0n) is 9.09. The summed E-state index contributed by atoms with van der Waals surface area (Å²) in [4.78, 5) is 4.41. The SMILES string of the molecule is Cc1cccc(-n2ccc3cccnc32)c1. The Morgan fingerprint density at radius 3 is 2.88 bits per heavy atom. The molecule has 0 saturated heterocycles. The van der Waals surface area contributed by atoms with Crippen LogP contribution in [-0.4, -0.2) is 9.55 Å². The molecule has 16 heavy (non-hydrogen) atoms. The molecule has 2 aromatic heterocycles. The molecule has 3 rings (SSSR count). The average Bonchev–Trinajstić information content (AvgIpc) is 2.72. The lowest BCUT2D eigenvalue weighted by molar-refractivity contribution is 1.09. The van der Waals surface area contributed by atoms with Gasteiger partial charge in [-0.05, 0) is 42.8 Å². The van der Waals surface area contributed by atoms with Crippen LogP contribution in [0.5, 0.6) is 0 Å². The van der Waals surface area contributed by atoms with Crippen LogP contribution in [0.4, 0.5) is 0 Å². The van der Waals surface area contributed by atoms with E-state index >= 15 is 0 Å². The fraction of sp³-hybridized carbons (Fsp3) is 0.0714. The van der Waals surface area contributed by atoms with Gasteiger partial charge in [0.15, 0.2) is 0 Å². The molecule has 0 bridgehead atoms. The summed E-state index contributed by atoms with van der Waals surface area (Å²) in [5.74, 6) is 0. The van der Waals surface area contributed by atoms with Gasteiger partial charge in [-0.25, -0.2) is 4.98 Å². The Morgan fingerprint density at radius 1 is 1.06 bits per heavy atom. The standard InChI is InChI=1S/C14H12N2/c1-11-4-2-6-13(10-11)16-9-7-12-5-3-8-15-14(12)16/h2-10H,1H3. The first kappa shape index (κ1) is 9.16. The summed E-state index contributed by atoms with van der Waals surface area (Å²) in [6, 6.07) is 14.6. The lowest BCUT2D eigenvalue weighted by atomic mass is 10.2. The molecular weight excluding hydrogens is 196 g/mol. The third kappa shape index (κ3) is 1.39. The third-order valence-corrected chi connectivity index (χ3v) is 2.73. The van der Waals surface area contributed by atoms with Gasteiger partial charge in [0.2, 0.25) is 0 Å². The van der Waals surface area contributed by atoms with Crippen LogP contribution in [0.25, 0.3) is 16.7 Å². The molecular formula is C14H12N2. The Balaban J connectivity index is 2.26.